The van der Waals surface area contributed by atoms with Crippen LogP contribution in [0.15, 0.2) is 24.3 Å². The van der Waals surface area contributed by atoms with Crippen LogP contribution in [0.5, 0.6) is 0 Å². The standard InChI is InChI=1S/C15H13F4N3OS/c16-11-5-3-9(4-6-11)12(23)10-2-1-7-22(8-10)14-21-20-13(24-14)15(17,18)19/h3-6,10H,1-2,7-8H2. The molecule has 2 heterocycles. The SMILES string of the molecule is O=C(c1ccc(F)cc1)C1CCCN(c2nnc(C(F)(F)F)s2)C1. The number of rotatable bonds is 3. The fraction of sp³-hybridized carbons (Fsp3) is 0.400. The first-order chi connectivity index (χ1) is 11.3. The van der Waals surface area contributed by atoms with Gasteiger partial charge in [-0.3, -0.25) is 4.79 Å². The monoisotopic (exact) mass is 359 g/mol. The number of Topliss-reactive ketones (excluding diaryl/α,β-unsaturated/α-hetero) is 1. The molecule has 0 bridgehead atoms. The van der Waals surface area contributed by atoms with Crippen LogP contribution in [0, 0.1) is 11.7 Å². The fourth-order valence-corrected chi connectivity index (χ4v) is 3.42. The highest BCUT2D eigenvalue weighted by molar-refractivity contribution is 7.15. The smallest absolute Gasteiger partial charge is 0.346 e. The van der Waals surface area contributed by atoms with Crippen molar-refractivity contribution in [3.63, 3.8) is 0 Å². The maximum Gasteiger partial charge on any atom is 0.445 e. The van der Waals surface area contributed by atoms with E-state index >= 15 is 0 Å². The Morgan fingerprint density at radius 1 is 1.21 bits per heavy atom. The average molecular weight is 359 g/mol. The van der Waals surface area contributed by atoms with Crippen molar-refractivity contribution in [1.82, 2.24) is 10.2 Å². The number of aromatic nitrogens is 2. The van der Waals surface area contributed by atoms with E-state index in [-0.39, 0.29) is 23.4 Å². The third-order valence-corrected chi connectivity index (χ3v) is 4.88. The Balaban J connectivity index is 1.73. The Kier molecular flexibility index (Phi) is 4.53. The summed E-state index contributed by atoms with van der Waals surface area (Å²) in [5, 5.41) is 5.94. The molecule has 24 heavy (non-hydrogen) atoms. The molecule has 1 aromatic carbocycles. The van der Waals surface area contributed by atoms with Crippen molar-refractivity contribution >= 4 is 22.3 Å². The van der Waals surface area contributed by atoms with E-state index in [1.54, 1.807) is 4.90 Å². The second-order valence-corrected chi connectivity index (χ2v) is 6.50. The van der Waals surface area contributed by atoms with Crippen molar-refractivity contribution in [3.05, 3.63) is 40.7 Å². The lowest BCUT2D eigenvalue weighted by Gasteiger charge is -2.31. The first-order valence-electron chi connectivity index (χ1n) is 7.30. The van der Waals surface area contributed by atoms with Crippen LogP contribution in [0.1, 0.15) is 28.2 Å². The second-order valence-electron chi connectivity index (χ2n) is 5.54. The molecule has 0 saturated carbocycles. The highest BCUT2D eigenvalue weighted by Gasteiger charge is 2.37. The van der Waals surface area contributed by atoms with Gasteiger partial charge in [0, 0.05) is 24.6 Å². The third kappa shape index (κ3) is 3.55. The zero-order valence-electron chi connectivity index (χ0n) is 12.4. The van der Waals surface area contributed by atoms with Gasteiger partial charge >= 0.3 is 6.18 Å². The van der Waals surface area contributed by atoms with Crippen molar-refractivity contribution in [2.45, 2.75) is 19.0 Å². The summed E-state index contributed by atoms with van der Waals surface area (Å²) < 4.78 is 50.8. The summed E-state index contributed by atoms with van der Waals surface area (Å²) in [6.45, 7) is 0.808. The molecule has 0 aliphatic carbocycles. The van der Waals surface area contributed by atoms with Gasteiger partial charge in [-0.25, -0.2) is 4.39 Å². The highest BCUT2D eigenvalue weighted by atomic mass is 32.1. The fourth-order valence-electron chi connectivity index (χ4n) is 2.67. The van der Waals surface area contributed by atoms with Crippen LogP contribution in [-0.4, -0.2) is 29.1 Å². The van der Waals surface area contributed by atoms with Gasteiger partial charge in [-0.1, -0.05) is 11.3 Å². The minimum atomic E-state index is -4.52. The van der Waals surface area contributed by atoms with Gasteiger partial charge < -0.3 is 4.90 Å². The lowest BCUT2D eigenvalue weighted by atomic mass is 9.90. The predicted molar refractivity (Wildman–Crippen MR) is 80.6 cm³/mol. The summed E-state index contributed by atoms with van der Waals surface area (Å²) >= 11 is 0.476. The molecule has 128 valence electrons. The van der Waals surface area contributed by atoms with Crippen LogP contribution in [0.25, 0.3) is 0 Å². The molecule has 1 unspecified atom stereocenters. The number of piperidine rings is 1. The number of nitrogens with zero attached hydrogens (tertiary/aromatic N) is 3. The summed E-state index contributed by atoms with van der Waals surface area (Å²) in [4.78, 5) is 14.1. The van der Waals surface area contributed by atoms with Crippen molar-refractivity contribution in [1.29, 1.82) is 0 Å². The molecule has 1 atom stereocenters. The minimum Gasteiger partial charge on any atom is -0.346 e. The summed E-state index contributed by atoms with van der Waals surface area (Å²) in [6.07, 6.45) is -3.22. The molecule has 3 rings (SSSR count). The number of alkyl halides is 3. The molecule has 4 nitrogen and oxygen atoms in total. The van der Waals surface area contributed by atoms with Gasteiger partial charge in [0.05, 0.1) is 0 Å². The molecular formula is C15H13F4N3OS. The summed E-state index contributed by atoms with van der Waals surface area (Å²) in [5.74, 6) is -0.923. The Bertz CT molecular complexity index is 729. The van der Waals surface area contributed by atoms with Gasteiger partial charge in [-0.2, -0.15) is 13.2 Å². The molecule has 0 N–H and O–H groups in total. The van der Waals surface area contributed by atoms with E-state index in [2.05, 4.69) is 10.2 Å². The van der Waals surface area contributed by atoms with E-state index in [9.17, 15) is 22.4 Å². The summed E-state index contributed by atoms with van der Waals surface area (Å²) in [7, 11) is 0. The van der Waals surface area contributed by atoms with Gasteiger partial charge in [0.15, 0.2) is 5.78 Å². The van der Waals surface area contributed by atoms with E-state index in [1.807, 2.05) is 0 Å². The summed E-state index contributed by atoms with van der Waals surface area (Å²) in [6, 6.07) is 5.27. The van der Waals surface area contributed by atoms with Crippen molar-refractivity contribution < 1.29 is 22.4 Å². The maximum absolute atomic E-state index is 12.9. The number of ketones is 1. The molecule has 1 aliphatic heterocycles. The normalized spacial score (nSPS) is 18.7. The Labute approximate surface area is 139 Å². The number of anilines is 1. The van der Waals surface area contributed by atoms with Crippen LogP contribution in [0.3, 0.4) is 0 Å². The molecule has 0 spiro atoms. The Morgan fingerprint density at radius 3 is 2.54 bits per heavy atom. The van der Waals surface area contributed by atoms with Crippen LogP contribution < -0.4 is 4.90 Å². The molecule has 1 aromatic heterocycles. The Hall–Kier alpha value is -2.03. The topological polar surface area (TPSA) is 46.1 Å². The molecular weight excluding hydrogens is 346 g/mol. The molecule has 1 saturated heterocycles. The van der Waals surface area contributed by atoms with Crippen LogP contribution in [0.2, 0.25) is 0 Å². The average Bonchev–Trinajstić information content (AvgIpc) is 3.05. The van der Waals surface area contributed by atoms with Crippen molar-refractivity contribution in [3.8, 4) is 0 Å². The van der Waals surface area contributed by atoms with E-state index in [1.165, 1.54) is 24.3 Å². The third-order valence-electron chi connectivity index (χ3n) is 3.85. The highest BCUT2D eigenvalue weighted by Crippen LogP contribution is 2.35. The molecule has 9 heteroatoms. The zero-order chi connectivity index (χ0) is 17.3. The van der Waals surface area contributed by atoms with Crippen LogP contribution >= 0.6 is 11.3 Å². The summed E-state index contributed by atoms with van der Waals surface area (Å²) in [5.41, 5.74) is 0.400. The van der Waals surface area contributed by atoms with Gasteiger partial charge in [-0.15, -0.1) is 10.2 Å². The predicted octanol–water partition coefficient (Wildman–Crippen LogP) is 3.80. The van der Waals surface area contributed by atoms with Crippen molar-refractivity contribution in [2.75, 3.05) is 18.0 Å². The lowest BCUT2D eigenvalue weighted by Crippen LogP contribution is -2.38. The van der Waals surface area contributed by atoms with Gasteiger partial charge in [0.1, 0.15) is 5.82 Å². The van der Waals surface area contributed by atoms with Crippen molar-refractivity contribution in [2.24, 2.45) is 5.92 Å². The van der Waals surface area contributed by atoms with E-state index in [0.29, 0.717) is 36.3 Å². The number of hydrogen-bond acceptors (Lipinski definition) is 5. The number of carbonyl (C=O) groups is 1. The molecule has 0 radical (unpaired) electrons. The number of carbonyl (C=O) groups excluding carboxylic acids is 1. The largest absolute Gasteiger partial charge is 0.445 e. The first kappa shape index (κ1) is 16.8. The first-order valence-corrected chi connectivity index (χ1v) is 8.11. The minimum absolute atomic E-state index is 0.139. The van der Waals surface area contributed by atoms with Gasteiger partial charge in [-0.05, 0) is 37.1 Å². The quantitative estimate of drug-likeness (QED) is 0.618. The zero-order valence-corrected chi connectivity index (χ0v) is 13.2. The van der Waals surface area contributed by atoms with Gasteiger partial charge in [0.25, 0.3) is 0 Å². The number of halogens is 4. The second kappa shape index (κ2) is 6.46. The number of hydrogen-bond donors (Lipinski definition) is 0. The van der Waals surface area contributed by atoms with Crippen LogP contribution in [0.4, 0.5) is 22.7 Å². The number of benzene rings is 1. The molecule has 2 aromatic rings. The van der Waals surface area contributed by atoms with Crippen LogP contribution in [-0.2, 0) is 6.18 Å². The Morgan fingerprint density at radius 2 is 1.92 bits per heavy atom. The van der Waals surface area contributed by atoms with E-state index < -0.39 is 17.0 Å². The molecule has 1 aliphatic rings. The maximum atomic E-state index is 12.9. The van der Waals surface area contributed by atoms with Gasteiger partial charge in [0.2, 0.25) is 10.1 Å². The van der Waals surface area contributed by atoms with E-state index in [4.69, 9.17) is 0 Å². The van der Waals surface area contributed by atoms with E-state index in [0.717, 1.165) is 0 Å². The molecule has 0 amide bonds. The lowest BCUT2D eigenvalue weighted by molar-refractivity contribution is -0.138. The molecule has 1 fully saturated rings.